The van der Waals surface area contributed by atoms with E-state index in [-0.39, 0.29) is 5.43 Å². The van der Waals surface area contributed by atoms with Crippen LogP contribution in [0.3, 0.4) is 0 Å². The molecule has 1 aliphatic carbocycles. The van der Waals surface area contributed by atoms with Gasteiger partial charge in [0.15, 0.2) is 5.43 Å². The molecule has 0 saturated heterocycles. The molecule has 0 spiro atoms. The predicted octanol–water partition coefficient (Wildman–Crippen LogP) is 9.07. The van der Waals surface area contributed by atoms with Crippen molar-refractivity contribution in [1.29, 1.82) is 0 Å². The average Bonchev–Trinajstić information content (AvgIpc) is 3.37. The Hall–Kier alpha value is -5.06. The van der Waals surface area contributed by atoms with E-state index in [1.165, 1.54) is 49.7 Å². The highest BCUT2D eigenvalue weighted by molar-refractivity contribution is 7.24. The molecule has 1 aliphatic rings. The summed E-state index contributed by atoms with van der Waals surface area (Å²) in [5.74, 6) is 0. The summed E-state index contributed by atoms with van der Waals surface area (Å²) in [5, 5.41) is 4.12. The maximum Gasteiger partial charge on any atom is 0.195 e. The van der Waals surface area contributed by atoms with Crippen molar-refractivity contribution in [2.24, 2.45) is 0 Å². The lowest BCUT2D eigenvalue weighted by molar-refractivity contribution is 0.979. The third-order valence-corrected chi connectivity index (χ3v) is 9.94. The van der Waals surface area contributed by atoms with E-state index in [2.05, 4.69) is 101 Å². The zero-order valence-corrected chi connectivity index (χ0v) is 23.5. The number of hydrogen-bond acceptors (Lipinski definition) is 3. The Morgan fingerprint density at radius 2 is 1.36 bits per heavy atom. The molecule has 198 valence electrons. The Morgan fingerprint density at radius 3 is 2.14 bits per heavy atom. The molecule has 0 unspecified atom stereocenters. The summed E-state index contributed by atoms with van der Waals surface area (Å²) >= 11 is 1.71. The van der Waals surface area contributed by atoms with Gasteiger partial charge in [-0.25, -0.2) is 0 Å². The lowest BCUT2D eigenvalue weighted by Gasteiger charge is -2.24. The van der Waals surface area contributed by atoms with Crippen LogP contribution in [0.25, 0.3) is 58.8 Å². The van der Waals surface area contributed by atoms with Gasteiger partial charge in [0.2, 0.25) is 0 Å². The molecule has 0 atom stereocenters. The second kappa shape index (κ2) is 8.97. The molecule has 0 bridgehead atoms. The molecule has 0 fully saturated rings. The monoisotopic (exact) mass is 556 g/mol. The van der Waals surface area contributed by atoms with Gasteiger partial charge >= 0.3 is 0 Å². The van der Waals surface area contributed by atoms with Crippen LogP contribution in [0, 0.1) is 0 Å². The molecular formula is C38H24N2OS. The van der Waals surface area contributed by atoms with Crippen molar-refractivity contribution < 1.29 is 0 Å². The normalized spacial score (nSPS) is 12.7. The predicted molar refractivity (Wildman–Crippen MR) is 175 cm³/mol. The second-order valence-corrected chi connectivity index (χ2v) is 12.2. The molecule has 0 radical (unpaired) electrons. The van der Waals surface area contributed by atoms with Crippen molar-refractivity contribution in [2.45, 2.75) is 12.8 Å². The smallest absolute Gasteiger partial charge is 0.195 e. The maximum atomic E-state index is 13.9. The zero-order chi connectivity index (χ0) is 27.8. The van der Waals surface area contributed by atoms with Crippen LogP contribution in [-0.2, 0) is 12.8 Å². The minimum absolute atomic E-state index is 0.105. The Kier molecular flexibility index (Phi) is 5.05. The molecule has 3 heterocycles. The van der Waals surface area contributed by atoms with E-state index in [1.54, 1.807) is 17.5 Å². The third-order valence-electron chi connectivity index (χ3n) is 8.80. The molecular weight excluding hydrogens is 532 g/mol. The third kappa shape index (κ3) is 3.45. The van der Waals surface area contributed by atoms with Crippen molar-refractivity contribution in [3.63, 3.8) is 0 Å². The van der Waals surface area contributed by atoms with Gasteiger partial charge in [-0.15, -0.1) is 11.3 Å². The number of hydrogen-bond donors (Lipinski definition) is 0. The van der Waals surface area contributed by atoms with Crippen molar-refractivity contribution in [1.82, 2.24) is 9.55 Å². The number of rotatable bonds is 2. The summed E-state index contributed by atoms with van der Waals surface area (Å²) in [6.45, 7) is 0. The van der Waals surface area contributed by atoms with E-state index in [9.17, 15) is 4.79 Å². The summed E-state index contributed by atoms with van der Waals surface area (Å²) < 4.78 is 4.50. The summed E-state index contributed by atoms with van der Waals surface area (Å²) in [4.78, 5) is 18.2. The van der Waals surface area contributed by atoms with E-state index >= 15 is 0 Å². The van der Waals surface area contributed by atoms with Gasteiger partial charge < -0.3 is 4.57 Å². The number of para-hydroxylation sites is 2. The molecule has 3 nitrogen and oxygen atoms in total. The fourth-order valence-electron chi connectivity index (χ4n) is 6.81. The number of pyridine rings is 1. The van der Waals surface area contributed by atoms with Gasteiger partial charge in [0.25, 0.3) is 0 Å². The fraction of sp³-hybridized carbons (Fsp3) is 0.0526. The van der Waals surface area contributed by atoms with E-state index in [1.807, 2.05) is 24.4 Å². The van der Waals surface area contributed by atoms with Gasteiger partial charge in [0.1, 0.15) is 0 Å². The first-order chi connectivity index (χ1) is 20.7. The van der Waals surface area contributed by atoms with Crippen LogP contribution >= 0.6 is 11.3 Å². The SMILES string of the molecule is O=c1c2cc(-c3cccnc3)ccc2sc2cc3c(cc12)Cc1c(cccc1-n1c2ccccc2c2ccccc21)C3. The van der Waals surface area contributed by atoms with E-state index < -0.39 is 0 Å². The molecule has 9 rings (SSSR count). The second-order valence-electron chi connectivity index (χ2n) is 11.1. The van der Waals surface area contributed by atoms with Crippen LogP contribution in [0.4, 0.5) is 0 Å². The highest BCUT2D eigenvalue weighted by Gasteiger charge is 2.22. The number of aromatic nitrogens is 2. The van der Waals surface area contributed by atoms with Crippen molar-refractivity contribution >= 4 is 53.3 Å². The molecule has 0 aliphatic heterocycles. The van der Waals surface area contributed by atoms with Gasteiger partial charge in [-0.2, -0.15) is 0 Å². The fourth-order valence-corrected chi connectivity index (χ4v) is 7.91. The quantitative estimate of drug-likeness (QED) is 0.199. The highest BCUT2D eigenvalue weighted by Crippen LogP contribution is 2.39. The molecule has 42 heavy (non-hydrogen) atoms. The molecule has 0 N–H and O–H groups in total. The van der Waals surface area contributed by atoms with E-state index in [0.717, 1.165) is 44.1 Å². The van der Waals surface area contributed by atoms with Crippen molar-refractivity contribution in [3.8, 4) is 16.8 Å². The molecule has 0 saturated carbocycles. The van der Waals surface area contributed by atoms with Gasteiger partial charge in [0, 0.05) is 61.0 Å². The van der Waals surface area contributed by atoms with Gasteiger partial charge in [-0.1, -0.05) is 60.7 Å². The Balaban J connectivity index is 1.22. The number of fused-ring (bicyclic) bond motifs is 7. The van der Waals surface area contributed by atoms with Gasteiger partial charge in [0.05, 0.1) is 11.0 Å². The molecule has 8 aromatic rings. The Morgan fingerprint density at radius 1 is 0.595 bits per heavy atom. The first-order valence-corrected chi connectivity index (χ1v) is 15.1. The first kappa shape index (κ1) is 23.6. The minimum Gasteiger partial charge on any atom is -0.309 e. The summed E-state index contributed by atoms with van der Waals surface area (Å²) in [6.07, 6.45) is 5.28. The van der Waals surface area contributed by atoms with Crippen molar-refractivity contribution in [3.05, 3.63) is 154 Å². The average molecular weight is 557 g/mol. The van der Waals surface area contributed by atoms with Crippen LogP contribution in [0.5, 0.6) is 0 Å². The van der Waals surface area contributed by atoms with Crippen LogP contribution in [0.1, 0.15) is 22.3 Å². The first-order valence-electron chi connectivity index (χ1n) is 14.2. The molecule has 5 aromatic carbocycles. The number of nitrogens with zero attached hydrogens (tertiary/aromatic N) is 2. The van der Waals surface area contributed by atoms with Crippen molar-refractivity contribution in [2.75, 3.05) is 0 Å². The molecule has 4 heteroatoms. The van der Waals surface area contributed by atoms with E-state index in [4.69, 9.17) is 0 Å². The van der Waals surface area contributed by atoms with E-state index in [0.29, 0.717) is 0 Å². The minimum atomic E-state index is 0.105. The Labute approximate surface area is 246 Å². The molecule has 3 aromatic heterocycles. The van der Waals surface area contributed by atoms with Crippen LogP contribution < -0.4 is 5.43 Å². The summed E-state index contributed by atoms with van der Waals surface area (Å²) in [5.41, 5.74) is 11.1. The summed E-state index contributed by atoms with van der Waals surface area (Å²) in [6, 6.07) is 38.6. The van der Waals surface area contributed by atoms with Gasteiger partial charge in [-0.3, -0.25) is 9.78 Å². The summed E-state index contributed by atoms with van der Waals surface area (Å²) in [7, 11) is 0. The van der Waals surface area contributed by atoms with Crippen LogP contribution in [0.2, 0.25) is 0 Å². The topological polar surface area (TPSA) is 34.9 Å². The highest BCUT2D eigenvalue weighted by atomic mass is 32.1. The Bertz CT molecular complexity index is 2380. The van der Waals surface area contributed by atoms with Crippen LogP contribution in [-0.4, -0.2) is 9.55 Å². The van der Waals surface area contributed by atoms with Crippen LogP contribution in [0.15, 0.2) is 126 Å². The lowest BCUT2D eigenvalue weighted by Crippen LogP contribution is -2.12. The largest absolute Gasteiger partial charge is 0.309 e. The lowest BCUT2D eigenvalue weighted by atomic mass is 9.84. The zero-order valence-electron chi connectivity index (χ0n) is 22.7. The molecule has 0 amide bonds. The number of benzene rings is 5. The van der Waals surface area contributed by atoms with Gasteiger partial charge in [-0.05, 0) is 82.8 Å². The standard InChI is InChI=1S/C38H24N2OS/c41-38-31-18-23(25-8-6-16-39-22-25)14-15-36(31)42-37-21-26-17-24-7-5-13-35(30(24)19-27(26)20-32(37)38)40-33-11-3-1-9-28(33)29-10-2-4-12-34(29)40/h1-16,18,20-22H,17,19H2. The maximum absolute atomic E-state index is 13.9.